The topological polar surface area (TPSA) is 84.9 Å². The van der Waals surface area contributed by atoms with Crippen molar-refractivity contribution in [3.05, 3.63) is 11.6 Å². The summed E-state index contributed by atoms with van der Waals surface area (Å²) in [4.78, 5) is 22.7. The minimum atomic E-state index is -0.883. The summed E-state index contributed by atoms with van der Waals surface area (Å²) in [5.74, 6) is -0.742. The van der Waals surface area contributed by atoms with Gasteiger partial charge in [0.1, 0.15) is 0 Å². The highest BCUT2D eigenvalue weighted by atomic mass is 16.5. The summed E-state index contributed by atoms with van der Waals surface area (Å²) in [5, 5.41) is 12.7. The molecule has 1 rings (SSSR count). The van der Waals surface area contributed by atoms with E-state index in [-0.39, 0.29) is 18.4 Å². The average Bonchev–Trinajstić information content (AvgIpc) is 2.31. The van der Waals surface area contributed by atoms with Crippen molar-refractivity contribution in [3.63, 3.8) is 0 Å². The number of hydrogen-bond acceptors (Lipinski definition) is 5. The normalized spacial score (nSPS) is 26.8. The van der Waals surface area contributed by atoms with Crippen LogP contribution in [0.25, 0.3) is 0 Å². The second-order valence-corrected chi connectivity index (χ2v) is 4.83. The molecule has 1 amide bonds. The standard InChI is InChI=1S/C13H21NO5/c1-7(2)19-11-6-9(13(17)18-4)5-10(16)12(11)14-8(3)15/h6-7,10-12,16H,5H2,1-4H3,(H,14,15)/t10?,11-,12-/m1/s1. The summed E-state index contributed by atoms with van der Waals surface area (Å²) in [7, 11) is 1.29. The van der Waals surface area contributed by atoms with E-state index < -0.39 is 24.2 Å². The molecule has 19 heavy (non-hydrogen) atoms. The molecule has 1 aliphatic rings. The van der Waals surface area contributed by atoms with Crippen molar-refractivity contribution >= 4 is 11.9 Å². The Bertz CT molecular complexity index is 377. The van der Waals surface area contributed by atoms with Gasteiger partial charge in [-0.3, -0.25) is 4.79 Å². The summed E-state index contributed by atoms with van der Waals surface area (Å²) in [6.07, 6.45) is 0.213. The number of ether oxygens (including phenoxy) is 2. The van der Waals surface area contributed by atoms with Crippen molar-refractivity contribution in [2.75, 3.05) is 7.11 Å². The summed E-state index contributed by atoms with van der Waals surface area (Å²) in [6, 6.07) is -0.562. The Balaban J connectivity index is 2.96. The fourth-order valence-electron chi connectivity index (χ4n) is 2.07. The van der Waals surface area contributed by atoms with Crippen molar-refractivity contribution in [1.29, 1.82) is 0 Å². The minimum absolute atomic E-state index is 0.0956. The predicted octanol–water partition coefficient (Wildman–Crippen LogP) is 0.149. The van der Waals surface area contributed by atoms with Gasteiger partial charge in [-0.15, -0.1) is 0 Å². The molecule has 0 heterocycles. The molecule has 0 fully saturated rings. The third kappa shape index (κ3) is 4.33. The van der Waals surface area contributed by atoms with Gasteiger partial charge in [0.05, 0.1) is 31.5 Å². The Morgan fingerprint density at radius 2 is 2.11 bits per heavy atom. The third-order valence-corrected chi connectivity index (χ3v) is 2.81. The van der Waals surface area contributed by atoms with Gasteiger partial charge in [-0.2, -0.15) is 0 Å². The molecule has 108 valence electrons. The molecule has 0 aromatic rings. The van der Waals surface area contributed by atoms with Gasteiger partial charge in [0.25, 0.3) is 0 Å². The van der Waals surface area contributed by atoms with Crippen LogP contribution in [0.1, 0.15) is 27.2 Å². The number of carbonyl (C=O) groups excluding carboxylic acids is 2. The van der Waals surface area contributed by atoms with Gasteiger partial charge in [0, 0.05) is 18.9 Å². The highest BCUT2D eigenvalue weighted by Gasteiger charge is 2.36. The second kappa shape index (κ2) is 6.68. The van der Waals surface area contributed by atoms with Crippen LogP contribution in [0.3, 0.4) is 0 Å². The van der Waals surface area contributed by atoms with Crippen LogP contribution in [-0.2, 0) is 19.1 Å². The summed E-state index contributed by atoms with van der Waals surface area (Å²) in [5.41, 5.74) is 0.363. The van der Waals surface area contributed by atoms with E-state index in [0.29, 0.717) is 5.57 Å². The molecule has 0 bridgehead atoms. The second-order valence-electron chi connectivity index (χ2n) is 4.83. The first kappa shape index (κ1) is 15.7. The number of esters is 1. The molecule has 1 unspecified atom stereocenters. The number of amides is 1. The Kier molecular flexibility index (Phi) is 5.50. The summed E-state index contributed by atoms with van der Waals surface area (Å²) < 4.78 is 10.3. The smallest absolute Gasteiger partial charge is 0.333 e. The molecule has 0 saturated heterocycles. The maximum atomic E-state index is 11.5. The van der Waals surface area contributed by atoms with Gasteiger partial charge in [0.2, 0.25) is 5.91 Å². The third-order valence-electron chi connectivity index (χ3n) is 2.81. The van der Waals surface area contributed by atoms with E-state index in [1.807, 2.05) is 13.8 Å². The number of rotatable bonds is 4. The summed E-state index contributed by atoms with van der Waals surface area (Å²) in [6.45, 7) is 5.06. The molecule has 3 atom stereocenters. The molecule has 0 spiro atoms. The SMILES string of the molecule is COC(=O)C1=C[C@@H](OC(C)C)[C@H](NC(C)=O)C(O)C1. The van der Waals surface area contributed by atoms with Crippen molar-refractivity contribution in [2.24, 2.45) is 0 Å². The maximum absolute atomic E-state index is 11.5. The first-order chi connectivity index (χ1) is 8.85. The van der Waals surface area contributed by atoms with Crippen LogP contribution in [0.15, 0.2) is 11.6 Å². The van der Waals surface area contributed by atoms with Gasteiger partial charge < -0.3 is 19.9 Å². The number of aliphatic hydroxyl groups excluding tert-OH is 1. The highest BCUT2D eigenvalue weighted by Crippen LogP contribution is 2.23. The quantitative estimate of drug-likeness (QED) is 0.711. The van der Waals surface area contributed by atoms with Crippen LogP contribution < -0.4 is 5.32 Å². The largest absolute Gasteiger partial charge is 0.466 e. The summed E-state index contributed by atoms with van der Waals surface area (Å²) >= 11 is 0. The van der Waals surface area contributed by atoms with E-state index in [2.05, 4.69) is 10.1 Å². The molecular weight excluding hydrogens is 250 g/mol. The van der Waals surface area contributed by atoms with Gasteiger partial charge in [-0.25, -0.2) is 4.79 Å². The van der Waals surface area contributed by atoms with Gasteiger partial charge in [-0.05, 0) is 19.9 Å². The molecular formula is C13H21NO5. The van der Waals surface area contributed by atoms with Crippen LogP contribution in [0.2, 0.25) is 0 Å². The monoisotopic (exact) mass is 271 g/mol. The zero-order valence-electron chi connectivity index (χ0n) is 11.7. The lowest BCUT2D eigenvalue weighted by atomic mass is 9.89. The molecule has 0 saturated carbocycles. The molecule has 6 heteroatoms. The highest BCUT2D eigenvalue weighted by molar-refractivity contribution is 5.89. The fraction of sp³-hybridized carbons (Fsp3) is 0.692. The zero-order chi connectivity index (χ0) is 14.6. The number of carbonyl (C=O) groups is 2. The lowest BCUT2D eigenvalue weighted by Crippen LogP contribution is -2.53. The van der Waals surface area contributed by atoms with E-state index in [1.165, 1.54) is 14.0 Å². The Hall–Kier alpha value is -1.40. The molecule has 6 nitrogen and oxygen atoms in total. The Morgan fingerprint density at radius 3 is 2.58 bits per heavy atom. The van der Waals surface area contributed by atoms with E-state index >= 15 is 0 Å². The van der Waals surface area contributed by atoms with Crippen molar-refractivity contribution in [3.8, 4) is 0 Å². The minimum Gasteiger partial charge on any atom is -0.466 e. The molecule has 0 radical (unpaired) electrons. The first-order valence-corrected chi connectivity index (χ1v) is 6.24. The van der Waals surface area contributed by atoms with Crippen molar-refractivity contribution in [2.45, 2.75) is 51.5 Å². The number of aliphatic hydroxyl groups is 1. The van der Waals surface area contributed by atoms with E-state index in [0.717, 1.165) is 0 Å². The predicted molar refractivity (Wildman–Crippen MR) is 68.3 cm³/mol. The average molecular weight is 271 g/mol. The molecule has 0 aliphatic heterocycles. The van der Waals surface area contributed by atoms with Gasteiger partial charge in [0.15, 0.2) is 0 Å². The molecule has 1 aliphatic carbocycles. The molecule has 0 aromatic heterocycles. The van der Waals surface area contributed by atoms with Gasteiger partial charge >= 0.3 is 5.97 Å². The van der Waals surface area contributed by atoms with Crippen LogP contribution >= 0.6 is 0 Å². The zero-order valence-corrected chi connectivity index (χ0v) is 11.7. The fourth-order valence-corrected chi connectivity index (χ4v) is 2.07. The van der Waals surface area contributed by atoms with Crippen LogP contribution in [-0.4, -0.2) is 48.4 Å². The Morgan fingerprint density at radius 1 is 1.47 bits per heavy atom. The van der Waals surface area contributed by atoms with Gasteiger partial charge in [-0.1, -0.05) is 0 Å². The van der Waals surface area contributed by atoms with Crippen LogP contribution in [0, 0.1) is 0 Å². The van der Waals surface area contributed by atoms with Crippen molar-refractivity contribution in [1.82, 2.24) is 5.32 Å². The van der Waals surface area contributed by atoms with Crippen LogP contribution in [0.4, 0.5) is 0 Å². The number of methoxy groups -OCH3 is 1. The molecule has 0 aromatic carbocycles. The van der Waals surface area contributed by atoms with Crippen LogP contribution in [0.5, 0.6) is 0 Å². The first-order valence-electron chi connectivity index (χ1n) is 6.24. The maximum Gasteiger partial charge on any atom is 0.333 e. The molecule has 2 N–H and O–H groups in total. The van der Waals surface area contributed by atoms with E-state index in [9.17, 15) is 14.7 Å². The lowest BCUT2D eigenvalue weighted by Gasteiger charge is -2.35. The lowest BCUT2D eigenvalue weighted by molar-refractivity contribution is -0.137. The Labute approximate surface area is 112 Å². The van der Waals surface area contributed by atoms with Crippen molar-refractivity contribution < 1.29 is 24.2 Å². The van der Waals surface area contributed by atoms with E-state index in [1.54, 1.807) is 6.08 Å². The number of nitrogens with one attached hydrogen (secondary N) is 1. The van der Waals surface area contributed by atoms with E-state index in [4.69, 9.17) is 4.74 Å². The number of hydrogen-bond donors (Lipinski definition) is 2.